The molecule has 4 heteroatoms. The van der Waals surface area contributed by atoms with E-state index < -0.39 is 0 Å². The molecule has 3 nitrogen and oxygen atoms in total. The molecule has 3 aromatic rings. The highest BCUT2D eigenvalue weighted by Crippen LogP contribution is 2.25. The van der Waals surface area contributed by atoms with Crippen molar-refractivity contribution in [3.05, 3.63) is 81.2 Å². The fourth-order valence-corrected chi connectivity index (χ4v) is 3.67. The Morgan fingerprint density at radius 1 is 1.08 bits per heavy atom. The molecule has 3 rings (SSSR count). The topological polar surface area (TPSA) is 54.0 Å². The second-order valence-electron chi connectivity index (χ2n) is 5.54. The molecule has 0 radical (unpaired) electrons. The number of hydrogen-bond acceptors (Lipinski definition) is 4. The zero-order valence-electron chi connectivity index (χ0n) is 13.4. The summed E-state index contributed by atoms with van der Waals surface area (Å²) in [7, 11) is 0. The summed E-state index contributed by atoms with van der Waals surface area (Å²) in [5.41, 5.74) is 4.18. The van der Waals surface area contributed by atoms with E-state index >= 15 is 0 Å². The van der Waals surface area contributed by atoms with Crippen molar-refractivity contribution in [1.82, 2.24) is 0 Å². The van der Waals surface area contributed by atoms with Gasteiger partial charge in [-0.25, -0.2) is 4.79 Å². The molecule has 0 spiro atoms. The summed E-state index contributed by atoms with van der Waals surface area (Å²) in [5.74, 6) is 1.44. The second kappa shape index (κ2) is 7.37. The van der Waals surface area contributed by atoms with Crippen LogP contribution in [0.15, 0.2) is 57.7 Å². The average Bonchev–Trinajstić information content (AvgIpc) is 2.61. The predicted molar refractivity (Wildman–Crippen MR) is 98.0 cm³/mol. The maximum absolute atomic E-state index is 11.8. The molecule has 0 N–H and O–H groups in total. The standard InChI is InChI=1S/C20H17NO2S/c1-2-14-7-8-18-17(10-20(22)23-19(18)9-14)13-24-12-16-6-4-3-5-15(16)11-21/h3-10H,2,12-13H2,1H3. The van der Waals surface area contributed by atoms with Gasteiger partial charge in [0.2, 0.25) is 0 Å². The highest BCUT2D eigenvalue weighted by Gasteiger charge is 2.08. The average molecular weight is 335 g/mol. The summed E-state index contributed by atoms with van der Waals surface area (Å²) in [5, 5.41) is 10.1. The van der Waals surface area contributed by atoms with E-state index in [0.29, 0.717) is 16.9 Å². The predicted octanol–water partition coefficient (Wildman–Crippen LogP) is 4.66. The summed E-state index contributed by atoms with van der Waals surface area (Å²) in [6.07, 6.45) is 0.906. The highest BCUT2D eigenvalue weighted by molar-refractivity contribution is 7.97. The molecule has 0 unspecified atom stereocenters. The van der Waals surface area contributed by atoms with E-state index in [1.165, 1.54) is 0 Å². The van der Waals surface area contributed by atoms with Gasteiger partial charge in [-0.2, -0.15) is 17.0 Å². The molecule has 120 valence electrons. The Morgan fingerprint density at radius 2 is 1.88 bits per heavy atom. The van der Waals surface area contributed by atoms with Gasteiger partial charge in [-0.1, -0.05) is 37.3 Å². The highest BCUT2D eigenvalue weighted by atomic mass is 32.2. The van der Waals surface area contributed by atoms with Gasteiger partial charge in [0.1, 0.15) is 5.58 Å². The molecule has 0 aliphatic heterocycles. The minimum absolute atomic E-state index is 0.316. The first-order chi connectivity index (χ1) is 11.7. The van der Waals surface area contributed by atoms with E-state index in [0.717, 1.165) is 34.3 Å². The Kier molecular flexibility index (Phi) is 5.02. The molecular formula is C20H17NO2S. The van der Waals surface area contributed by atoms with Gasteiger partial charge in [-0.05, 0) is 35.2 Å². The number of thioether (sulfide) groups is 1. The molecule has 1 heterocycles. The fourth-order valence-electron chi connectivity index (χ4n) is 2.64. The third-order valence-electron chi connectivity index (χ3n) is 3.96. The van der Waals surface area contributed by atoms with E-state index in [2.05, 4.69) is 19.1 Å². The van der Waals surface area contributed by atoms with Crippen LogP contribution in [0.2, 0.25) is 0 Å². The largest absolute Gasteiger partial charge is 0.423 e. The number of aryl methyl sites for hydroxylation is 1. The van der Waals surface area contributed by atoms with Crippen LogP contribution >= 0.6 is 11.8 Å². The van der Waals surface area contributed by atoms with Crippen LogP contribution in [0.5, 0.6) is 0 Å². The smallest absolute Gasteiger partial charge is 0.336 e. The molecule has 0 saturated carbocycles. The van der Waals surface area contributed by atoms with Gasteiger partial charge in [0.05, 0.1) is 11.6 Å². The van der Waals surface area contributed by atoms with Crippen LogP contribution < -0.4 is 5.63 Å². The fraction of sp³-hybridized carbons (Fsp3) is 0.200. The summed E-state index contributed by atoms with van der Waals surface area (Å²) in [6, 6.07) is 17.4. The molecule has 0 atom stereocenters. The first-order valence-electron chi connectivity index (χ1n) is 7.82. The van der Waals surface area contributed by atoms with Crippen molar-refractivity contribution < 1.29 is 4.42 Å². The third kappa shape index (κ3) is 3.52. The van der Waals surface area contributed by atoms with Gasteiger partial charge in [-0.15, -0.1) is 0 Å². The lowest BCUT2D eigenvalue weighted by molar-refractivity contribution is 0.559. The Labute approximate surface area is 144 Å². The van der Waals surface area contributed by atoms with Crippen LogP contribution in [0.25, 0.3) is 11.0 Å². The molecule has 24 heavy (non-hydrogen) atoms. The summed E-state index contributed by atoms with van der Waals surface area (Å²) < 4.78 is 5.34. The molecule has 0 aliphatic rings. The molecule has 0 aliphatic carbocycles. The van der Waals surface area contributed by atoms with Crippen molar-refractivity contribution in [2.75, 3.05) is 0 Å². The quantitative estimate of drug-likeness (QED) is 0.636. The Bertz CT molecular complexity index is 969. The lowest BCUT2D eigenvalue weighted by atomic mass is 10.1. The first kappa shape index (κ1) is 16.4. The number of nitriles is 1. The Morgan fingerprint density at radius 3 is 2.67 bits per heavy atom. The van der Waals surface area contributed by atoms with E-state index in [1.807, 2.05) is 36.4 Å². The van der Waals surface area contributed by atoms with E-state index in [9.17, 15) is 4.79 Å². The van der Waals surface area contributed by atoms with E-state index in [1.54, 1.807) is 17.8 Å². The van der Waals surface area contributed by atoms with Crippen LogP contribution in [-0.4, -0.2) is 0 Å². The normalized spacial score (nSPS) is 10.7. The van der Waals surface area contributed by atoms with Gasteiger partial charge in [0, 0.05) is 23.0 Å². The van der Waals surface area contributed by atoms with E-state index in [-0.39, 0.29) is 5.63 Å². The molecule has 0 bridgehead atoms. The van der Waals surface area contributed by atoms with Crippen molar-refractivity contribution in [2.45, 2.75) is 24.9 Å². The summed E-state index contributed by atoms with van der Waals surface area (Å²) >= 11 is 1.69. The van der Waals surface area contributed by atoms with Crippen molar-refractivity contribution >= 4 is 22.7 Å². The van der Waals surface area contributed by atoms with Gasteiger partial charge in [0.15, 0.2) is 0 Å². The van der Waals surface area contributed by atoms with Gasteiger partial charge < -0.3 is 4.42 Å². The lowest BCUT2D eigenvalue weighted by Gasteiger charge is -2.07. The molecule has 1 aromatic heterocycles. The number of benzene rings is 2. The van der Waals surface area contributed by atoms with Crippen LogP contribution in [-0.2, 0) is 17.9 Å². The molecule has 0 saturated heterocycles. The number of rotatable bonds is 5. The van der Waals surface area contributed by atoms with Crippen molar-refractivity contribution in [2.24, 2.45) is 0 Å². The molecular weight excluding hydrogens is 318 g/mol. The van der Waals surface area contributed by atoms with Gasteiger partial charge >= 0.3 is 5.63 Å². The summed E-state index contributed by atoms with van der Waals surface area (Å²) in [6.45, 7) is 2.08. The van der Waals surface area contributed by atoms with Crippen molar-refractivity contribution in [1.29, 1.82) is 5.26 Å². The third-order valence-corrected chi connectivity index (χ3v) is 4.99. The minimum atomic E-state index is -0.316. The zero-order chi connectivity index (χ0) is 16.9. The van der Waals surface area contributed by atoms with Gasteiger partial charge in [-0.3, -0.25) is 0 Å². The number of hydrogen-bond donors (Lipinski definition) is 0. The van der Waals surface area contributed by atoms with Gasteiger partial charge in [0.25, 0.3) is 0 Å². The Balaban J connectivity index is 1.83. The minimum Gasteiger partial charge on any atom is -0.423 e. The molecule has 2 aromatic carbocycles. The van der Waals surface area contributed by atoms with Crippen LogP contribution in [0, 0.1) is 11.3 Å². The van der Waals surface area contributed by atoms with Crippen molar-refractivity contribution in [3.63, 3.8) is 0 Å². The second-order valence-corrected chi connectivity index (χ2v) is 6.52. The van der Waals surface area contributed by atoms with Crippen LogP contribution in [0.4, 0.5) is 0 Å². The van der Waals surface area contributed by atoms with Crippen LogP contribution in [0.1, 0.15) is 29.2 Å². The maximum atomic E-state index is 11.8. The zero-order valence-corrected chi connectivity index (χ0v) is 14.2. The first-order valence-corrected chi connectivity index (χ1v) is 8.98. The van der Waals surface area contributed by atoms with Crippen molar-refractivity contribution in [3.8, 4) is 6.07 Å². The molecule has 0 fully saturated rings. The molecule has 0 amide bonds. The van der Waals surface area contributed by atoms with Crippen LogP contribution in [0.3, 0.4) is 0 Å². The van der Waals surface area contributed by atoms with E-state index in [4.69, 9.17) is 9.68 Å². The SMILES string of the molecule is CCc1ccc2c(CSCc3ccccc3C#N)cc(=O)oc2c1. The summed E-state index contributed by atoms with van der Waals surface area (Å²) in [4.78, 5) is 11.8. The number of fused-ring (bicyclic) bond motifs is 1. The number of nitrogens with zero attached hydrogens (tertiary/aromatic N) is 1. The lowest BCUT2D eigenvalue weighted by Crippen LogP contribution is -2.00. The Hall–Kier alpha value is -2.51. The monoisotopic (exact) mass is 335 g/mol. The maximum Gasteiger partial charge on any atom is 0.336 e.